The van der Waals surface area contributed by atoms with Gasteiger partial charge in [0.2, 0.25) is 11.8 Å². The summed E-state index contributed by atoms with van der Waals surface area (Å²) < 4.78 is 18.9. The summed E-state index contributed by atoms with van der Waals surface area (Å²) in [6, 6.07) is 6.57. The molecule has 1 aromatic carbocycles. The first-order chi connectivity index (χ1) is 15.1. The van der Waals surface area contributed by atoms with Crippen LogP contribution in [0, 0.1) is 11.7 Å². The Morgan fingerprint density at radius 1 is 1.10 bits per heavy atom. The van der Waals surface area contributed by atoms with Crippen LogP contribution in [-0.2, 0) is 9.59 Å². The number of hydrogen-bond donors (Lipinski definition) is 3. The van der Waals surface area contributed by atoms with Gasteiger partial charge in [0.25, 0.3) is 0 Å². The van der Waals surface area contributed by atoms with Crippen LogP contribution in [0.15, 0.2) is 24.3 Å². The lowest BCUT2D eigenvalue weighted by atomic mass is 9.83. The van der Waals surface area contributed by atoms with Gasteiger partial charge >= 0.3 is 0 Å². The summed E-state index contributed by atoms with van der Waals surface area (Å²) in [5, 5.41) is 9.72. The number of ether oxygens (including phenoxy) is 1. The van der Waals surface area contributed by atoms with Crippen LogP contribution in [0.2, 0.25) is 0 Å². The van der Waals surface area contributed by atoms with Crippen LogP contribution in [0.25, 0.3) is 0 Å². The minimum Gasteiger partial charge on any atom is -0.490 e. The number of hydrogen-bond acceptors (Lipinski definition) is 5. The predicted octanol–water partition coefficient (Wildman–Crippen LogP) is 3.32. The maximum absolute atomic E-state index is 13.0. The van der Waals surface area contributed by atoms with Gasteiger partial charge in [-0.25, -0.2) is 4.39 Å². The lowest BCUT2D eigenvalue weighted by Crippen LogP contribution is -2.60. The molecular formula is C23H32FN3O3S. The van der Waals surface area contributed by atoms with Crippen molar-refractivity contribution in [2.24, 2.45) is 5.92 Å². The van der Waals surface area contributed by atoms with E-state index in [1.54, 1.807) is 23.9 Å². The van der Waals surface area contributed by atoms with Gasteiger partial charge in [-0.1, -0.05) is 12.8 Å². The molecule has 2 aliphatic carbocycles. The Kier molecular flexibility index (Phi) is 7.72. The highest BCUT2D eigenvalue weighted by atomic mass is 32.2. The number of benzene rings is 1. The monoisotopic (exact) mass is 449 g/mol. The van der Waals surface area contributed by atoms with Crippen molar-refractivity contribution in [1.82, 2.24) is 16.0 Å². The fourth-order valence-corrected chi connectivity index (χ4v) is 5.82. The zero-order valence-electron chi connectivity index (χ0n) is 17.8. The highest BCUT2D eigenvalue weighted by Crippen LogP contribution is 2.29. The van der Waals surface area contributed by atoms with Crippen molar-refractivity contribution in [1.29, 1.82) is 0 Å². The lowest BCUT2D eigenvalue weighted by Gasteiger charge is -2.39. The molecule has 1 heterocycles. The summed E-state index contributed by atoms with van der Waals surface area (Å²) in [5.41, 5.74) is -0.0984. The van der Waals surface area contributed by atoms with Crippen molar-refractivity contribution in [3.8, 4) is 5.75 Å². The summed E-state index contributed by atoms with van der Waals surface area (Å²) >= 11 is 1.60. The van der Waals surface area contributed by atoms with E-state index in [-0.39, 0.29) is 47.2 Å². The van der Waals surface area contributed by atoms with E-state index in [1.807, 2.05) is 0 Å². The molecular weight excluding hydrogens is 417 g/mol. The second-order valence-electron chi connectivity index (χ2n) is 8.79. The van der Waals surface area contributed by atoms with E-state index in [0.29, 0.717) is 17.9 Å². The molecule has 0 radical (unpaired) electrons. The molecule has 2 amide bonds. The Balaban J connectivity index is 1.11. The first-order valence-corrected chi connectivity index (χ1v) is 12.5. The fraction of sp³-hybridized carbons (Fsp3) is 0.652. The molecule has 2 saturated carbocycles. The Morgan fingerprint density at radius 3 is 2.61 bits per heavy atom. The quantitative estimate of drug-likeness (QED) is 0.595. The third-order valence-corrected chi connectivity index (χ3v) is 7.54. The number of amides is 2. The fourth-order valence-electron chi connectivity index (χ4n) is 4.81. The molecule has 6 nitrogen and oxygen atoms in total. The summed E-state index contributed by atoms with van der Waals surface area (Å²) in [7, 11) is 0. The summed E-state index contributed by atoms with van der Waals surface area (Å²) in [6.07, 6.45) is 8.41. The van der Waals surface area contributed by atoms with Crippen molar-refractivity contribution in [2.45, 2.75) is 81.5 Å². The first-order valence-electron chi connectivity index (χ1n) is 11.5. The van der Waals surface area contributed by atoms with Crippen molar-refractivity contribution in [2.75, 3.05) is 5.75 Å². The molecule has 31 heavy (non-hydrogen) atoms. The average Bonchev–Trinajstić information content (AvgIpc) is 2.77. The molecule has 1 aromatic rings. The predicted molar refractivity (Wildman–Crippen MR) is 119 cm³/mol. The van der Waals surface area contributed by atoms with Crippen molar-refractivity contribution < 1.29 is 18.7 Å². The largest absolute Gasteiger partial charge is 0.490 e. The lowest BCUT2D eigenvalue weighted by molar-refractivity contribution is -0.129. The number of nitrogens with one attached hydrogen (secondary N) is 3. The highest BCUT2D eigenvalue weighted by molar-refractivity contribution is 7.99. The molecule has 0 bridgehead atoms. The number of thioether (sulfide) groups is 1. The van der Waals surface area contributed by atoms with Gasteiger partial charge < -0.3 is 15.4 Å². The van der Waals surface area contributed by atoms with E-state index in [4.69, 9.17) is 4.74 Å². The van der Waals surface area contributed by atoms with Crippen molar-refractivity contribution >= 4 is 23.6 Å². The Bertz CT molecular complexity index is 755. The zero-order chi connectivity index (χ0) is 21.6. The summed E-state index contributed by atoms with van der Waals surface area (Å²) in [6.45, 7) is 0. The molecule has 3 aliphatic rings. The number of fused-ring (bicyclic) bond motifs is 1. The van der Waals surface area contributed by atoms with Gasteiger partial charge in [0.15, 0.2) is 0 Å². The summed E-state index contributed by atoms with van der Waals surface area (Å²) in [5.74, 6) is 1.42. The maximum Gasteiger partial charge on any atom is 0.226 e. The van der Waals surface area contributed by atoms with Crippen LogP contribution >= 0.6 is 11.8 Å². The minimum absolute atomic E-state index is 0.0630. The molecule has 3 N–H and O–H groups in total. The van der Waals surface area contributed by atoms with E-state index >= 15 is 0 Å². The number of carbonyl (C=O) groups excluding carboxylic acids is 2. The molecule has 0 aromatic heterocycles. The minimum atomic E-state index is -0.267. The van der Waals surface area contributed by atoms with Gasteiger partial charge in [0.05, 0.1) is 12.0 Å². The first kappa shape index (κ1) is 22.4. The van der Waals surface area contributed by atoms with E-state index < -0.39 is 0 Å². The standard InChI is InChI=1S/C23H32FN3O3S/c24-15-5-9-17(10-6-15)30-18-11-7-16(8-12-18)25-21(28)13-14-31-23-26-20-4-2-1-3-19(20)22(29)27-23/h5-6,9-10,16,18-20,23,26H,1-4,7-8,11-14H2,(H,25,28)(H,27,29). The van der Waals surface area contributed by atoms with E-state index in [0.717, 1.165) is 44.9 Å². The Morgan fingerprint density at radius 2 is 1.84 bits per heavy atom. The molecule has 0 spiro atoms. The molecule has 3 atom stereocenters. The second kappa shape index (κ2) is 10.7. The van der Waals surface area contributed by atoms with Gasteiger partial charge in [-0.2, -0.15) is 0 Å². The SMILES string of the molecule is O=C(CCSC1NC(=O)C2CCCCC2N1)NC1CCC(Oc2ccc(F)cc2)CC1. The van der Waals surface area contributed by atoms with Crippen molar-refractivity contribution in [3.63, 3.8) is 0 Å². The van der Waals surface area contributed by atoms with Gasteiger partial charge in [-0.3, -0.25) is 14.9 Å². The number of halogens is 1. The van der Waals surface area contributed by atoms with Crippen LogP contribution in [-0.4, -0.2) is 41.3 Å². The van der Waals surface area contributed by atoms with Crippen LogP contribution < -0.4 is 20.7 Å². The molecule has 3 unspecified atom stereocenters. The molecule has 4 rings (SSSR count). The molecule has 8 heteroatoms. The van der Waals surface area contributed by atoms with E-state index in [9.17, 15) is 14.0 Å². The van der Waals surface area contributed by atoms with Crippen LogP contribution in [0.1, 0.15) is 57.8 Å². The van der Waals surface area contributed by atoms with Gasteiger partial charge in [0.1, 0.15) is 17.1 Å². The third-order valence-electron chi connectivity index (χ3n) is 6.51. The maximum atomic E-state index is 13.0. The zero-order valence-corrected chi connectivity index (χ0v) is 18.6. The average molecular weight is 450 g/mol. The molecule has 3 fully saturated rings. The topological polar surface area (TPSA) is 79.5 Å². The normalized spacial score (nSPS) is 30.7. The summed E-state index contributed by atoms with van der Waals surface area (Å²) in [4.78, 5) is 24.6. The highest BCUT2D eigenvalue weighted by Gasteiger charge is 2.37. The second-order valence-corrected chi connectivity index (χ2v) is 10.00. The van der Waals surface area contributed by atoms with Gasteiger partial charge in [0, 0.05) is 24.3 Å². The molecule has 170 valence electrons. The van der Waals surface area contributed by atoms with Gasteiger partial charge in [-0.15, -0.1) is 11.8 Å². The Labute approximate surface area is 187 Å². The number of carbonyl (C=O) groups is 2. The van der Waals surface area contributed by atoms with Crippen LogP contribution in [0.4, 0.5) is 4.39 Å². The van der Waals surface area contributed by atoms with Crippen molar-refractivity contribution in [3.05, 3.63) is 30.1 Å². The molecule has 1 aliphatic heterocycles. The smallest absolute Gasteiger partial charge is 0.226 e. The van der Waals surface area contributed by atoms with Crippen LogP contribution in [0.5, 0.6) is 5.75 Å². The van der Waals surface area contributed by atoms with Gasteiger partial charge in [-0.05, 0) is 62.8 Å². The van der Waals surface area contributed by atoms with E-state index in [1.165, 1.54) is 18.6 Å². The number of rotatable bonds is 7. The third kappa shape index (κ3) is 6.35. The molecule has 1 saturated heterocycles. The van der Waals surface area contributed by atoms with Crippen LogP contribution in [0.3, 0.4) is 0 Å². The Hall–Kier alpha value is -1.80. The van der Waals surface area contributed by atoms with E-state index in [2.05, 4.69) is 16.0 Å².